The fourth-order valence-electron chi connectivity index (χ4n) is 2.15. The van der Waals surface area contributed by atoms with Crippen LogP contribution in [0.3, 0.4) is 0 Å². The molecule has 6 nitrogen and oxygen atoms in total. The summed E-state index contributed by atoms with van der Waals surface area (Å²) in [5.74, 6) is -0.0932. The molecule has 3 aromatic rings. The number of hydrazine groups is 1. The summed E-state index contributed by atoms with van der Waals surface area (Å²) in [5, 5.41) is 0.898. The van der Waals surface area contributed by atoms with Crippen molar-refractivity contribution in [2.75, 3.05) is 6.61 Å². The molecule has 0 radical (unpaired) electrons. The van der Waals surface area contributed by atoms with Crippen LogP contribution < -0.4 is 15.6 Å². The van der Waals surface area contributed by atoms with Crippen molar-refractivity contribution < 1.29 is 14.3 Å². The van der Waals surface area contributed by atoms with Gasteiger partial charge in [0.1, 0.15) is 5.75 Å². The Kier molecular flexibility index (Phi) is 5.58. The van der Waals surface area contributed by atoms with Crippen LogP contribution in [0.5, 0.6) is 5.75 Å². The predicted octanol–water partition coefficient (Wildman–Crippen LogP) is 2.46. The van der Waals surface area contributed by atoms with Crippen molar-refractivity contribution in [2.24, 2.45) is 0 Å². The summed E-state index contributed by atoms with van der Waals surface area (Å²) >= 11 is 1.57. The molecule has 2 amide bonds. The van der Waals surface area contributed by atoms with E-state index in [1.165, 1.54) is 0 Å². The average Bonchev–Trinajstić information content (AvgIpc) is 3.07. The first-order valence-electron chi connectivity index (χ1n) is 7.81. The Balaban J connectivity index is 1.38. The summed E-state index contributed by atoms with van der Waals surface area (Å²) in [6.07, 6.45) is 0.779. The van der Waals surface area contributed by atoms with E-state index >= 15 is 0 Å². The van der Waals surface area contributed by atoms with E-state index in [2.05, 4.69) is 15.8 Å². The molecule has 2 N–H and O–H groups in total. The first kappa shape index (κ1) is 16.9. The lowest BCUT2D eigenvalue weighted by Gasteiger charge is -2.08. The first-order chi connectivity index (χ1) is 12.2. The van der Waals surface area contributed by atoms with Crippen molar-refractivity contribution in [3.05, 3.63) is 59.6 Å². The van der Waals surface area contributed by atoms with Gasteiger partial charge in [-0.1, -0.05) is 30.3 Å². The Morgan fingerprint density at radius 1 is 0.960 bits per heavy atom. The minimum Gasteiger partial charge on any atom is -0.484 e. The maximum absolute atomic E-state index is 11.8. The summed E-state index contributed by atoms with van der Waals surface area (Å²) < 4.78 is 6.39. The van der Waals surface area contributed by atoms with E-state index in [1.54, 1.807) is 23.5 Å². The molecule has 128 valence electrons. The zero-order valence-corrected chi connectivity index (χ0v) is 14.2. The lowest BCUT2D eigenvalue weighted by atomic mass is 10.3. The highest BCUT2D eigenvalue weighted by Crippen LogP contribution is 2.22. The number of carbonyl (C=O) groups is 2. The lowest BCUT2D eigenvalue weighted by Crippen LogP contribution is -2.43. The number of aromatic nitrogens is 1. The highest BCUT2D eigenvalue weighted by molar-refractivity contribution is 7.18. The molecule has 0 spiro atoms. The fourth-order valence-corrected chi connectivity index (χ4v) is 3.12. The maximum atomic E-state index is 11.8. The van der Waals surface area contributed by atoms with Crippen LogP contribution in [0.15, 0.2) is 54.6 Å². The van der Waals surface area contributed by atoms with Crippen molar-refractivity contribution in [1.82, 2.24) is 15.8 Å². The van der Waals surface area contributed by atoms with Gasteiger partial charge in [0, 0.05) is 12.8 Å². The molecule has 7 heteroatoms. The largest absolute Gasteiger partial charge is 0.484 e. The number of benzene rings is 2. The Morgan fingerprint density at radius 2 is 1.68 bits per heavy atom. The number of amides is 2. The summed E-state index contributed by atoms with van der Waals surface area (Å²) in [6, 6.07) is 16.8. The van der Waals surface area contributed by atoms with Gasteiger partial charge < -0.3 is 4.74 Å². The van der Waals surface area contributed by atoms with Crippen molar-refractivity contribution in [2.45, 2.75) is 12.8 Å². The van der Waals surface area contributed by atoms with Gasteiger partial charge in [-0.15, -0.1) is 11.3 Å². The number of nitrogens with one attached hydrogen (secondary N) is 2. The zero-order valence-electron chi connectivity index (χ0n) is 13.4. The number of aryl methyl sites for hydroxylation is 1. The number of para-hydroxylation sites is 2. The first-order valence-corrected chi connectivity index (χ1v) is 8.62. The molecule has 0 unspecified atom stereocenters. The van der Waals surface area contributed by atoms with Gasteiger partial charge >= 0.3 is 0 Å². The molecular formula is C18H17N3O3S. The van der Waals surface area contributed by atoms with Gasteiger partial charge in [0.05, 0.1) is 15.2 Å². The number of ether oxygens (including phenoxy) is 1. The topological polar surface area (TPSA) is 80.3 Å². The molecule has 0 aliphatic carbocycles. The number of nitrogens with zero attached hydrogens (tertiary/aromatic N) is 1. The average molecular weight is 355 g/mol. The minimum absolute atomic E-state index is 0.165. The second-order valence-corrected chi connectivity index (χ2v) is 6.39. The third-order valence-corrected chi connectivity index (χ3v) is 4.45. The van der Waals surface area contributed by atoms with Crippen LogP contribution in [-0.2, 0) is 16.0 Å². The SMILES string of the molecule is O=C(CCc1nc2ccccc2s1)NNC(=O)COc1ccccc1. The summed E-state index contributed by atoms with van der Waals surface area (Å²) in [7, 11) is 0. The van der Waals surface area contributed by atoms with E-state index in [4.69, 9.17) is 4.74 Å². The van der Waals surface area contributed by atoms with Crippen LogP contribution in [0.4, 0.5) is 0 Å². The van der Waals surface area contributed by atoms with Crippen molar-refractivity contribution >= 4 is 33.4 Å². The van der Waals surface area contributed by atoms with Crippen LogP contribution >= 0.6 is 11.3 Å². The number of fused-ring (bicyclic) bond motifs is 1. The van der Waals surface area contributed by atoms with Crippen LogP contribution in [0.2, 0.25) is 0 Å². The van der Waals surface area contributed by atoms with Crippen molar-refractivity contribution in [1.29, 1.82) is 0 Å². The van der Waals surface area contributed by atoms with Gasteiger partial charge in [0.2, 0.25) is 5.91 Å². The molecule has 0 fully saturated rings. The minimum atomic E-state index is -0.419. The molecule has 2 aromatic carbocycles. The van der Waals surface area contributed by atoms with E-state index < -0.39 is 5.91 Å². The molecule has 25 heavy (non-hydrogen) atoms. The van der Waals surface area contributed by atoms with Crippen LogP contribution in [0, 0.1) is 0 Å². The fraction of sp³-hybridized carbons (Fsp3) is 0.167. The second-order valence-electron chi connectivity index (χ2n) is 5.27. The summed E-state index contributed by atoms with van der Waals surface area (Å²) in [5.41, 5.74) is 5.66. The van der Waals surface area contributed by atoms with Gasteiger partial charge in [-0.25, -0.2) is 4.98 Å². The van der Waals surface area contributed by atoms with E-state index in [0.717, 1.165) is 15.2 Å². The number of rotatable bonds is 6. The van der Waals surface area contributed by atoms with E-state index in [-0.39, 0.29) is 18.9 Å². The van der Waals surface area contributed by atoms with Gasteiger partial charge in [0.25, 0.3) is 5.91 Å². The number of carbonyl (C=O) groups excluding carboxylic acids is 2. The van der Waals surface area contributed by atoms with E-state index in [0.29, 0.717) is 12.2 Å². The van der Waals surface area contributed by atoms with Crippen LogP contribution in [-0.4, -0.2) is 23.4 Å². The standard InChI is InChI=1S/C18H17N3O3S/c22-16(10-11-18-19-14-8-4-5-9-15(14)25-18)20-21-17(23)12-24-13-6-2-1-3-7-13/h1-9H,10-12H2,(H,20,22)(H,21,23). The van der Waals surface area contributed by atoms with Gasteiger partial charge in [0.15, 0.2) is 6.61 Å². The van der Waals surface area contributed by atoms with E-state index in [1.807, 2.05) is 42.5 Å². The molecule has 0 atom stereocenters. The molecule has 0 aliphatic heterocycles. The molecule has 1 heterocycles. The van der Waals surface area contributed by atoms with E-state index in [9.17, 15) is 9.59 Å². The lowest BCUT2D eigenvalue weighted by molar-refractivity contribution is -0.130. The normalized spacial score (nSPS) is 10.4. The molecule has 3 rings (SSSR count). The molecule has 1 aromatic heterocycles. The number of hydrogen-bond acceptors (Lipinski definition) is 5. The van der Waals surface area contributed by atoms with Crippen molar-refractivity contribution in [3.63, 3.8) is 0 Å². The van der Waals surface area contributed by atoms with Gasteiger partial charge in [-0.2, -0.15) is 0 Å². The number of hydrogen-bond donors (Lipinski definition) is 2. The maximum Gasteiger partial charge on any atom is 0.276 e. The highest BCUT2D eigenvalue weighted by atomic mass is 32.1. The third kappa shape index (κ3) is 5.02. The molecular weight excluding hydrogens is 338 g/mol. The second kappa shape index (κ2) is 8.25. The summed E-state index contributed by atoms with van der Waals surface area (Å²) in [4.78, 5) is 27.9. The van der Waals surface area contributed by atoms with Gasteiger partial charge in [-0.05, 0) is 24.3 Å². The molecule has 0 saturated carbocycles. The predicted molar refractivity (Wildman–Crippen MR) is 96.2 cm³/mol. The van der Waals surface area contributed by atoms with Crippen molar-refractivity contribution in [3.8, 4) is 5.75 Å². The number of thiazole rings is 1. The highest BCUT2D eigenvalue weighted by Gasteiger charge is 2.08. The Morgan fingerprint density at radius 3 is 2.48 bits per heavy atom. The van der Waals surface area contributed by atoms with Crippen LogP contribution in [0.25, 0.3) is 10.2 Å². The zero-order chi connectivity index (χ0) is 17.5. The molecule has 0 saturated heterocycles. The van der Waals surface area contributed by atoms with Crippen LogP contribution in [0.1, 0.15) is 11.4 Å². The van der Waals surface area contributed by atoms with Gasteiger partial charge in [-0.3, -0.25) is 20.4 Å². The quantitative estimate of drug-likeness (QED) is 0.666. The Hall–Kier alpha value is -2.93. The third-order valence-electron chi connectivity index (χ3n) is 3.36. The summed E-state index contributed by atoms with van der Waals surface area (Å²) in [6.45, 7) is -0.165. The Bertz CT molecular complexity index is 831. The molecule has 0 bridgehead atoms. The smallest absolute Gasteiger partial charge is 0.276 e. The molecule has 0 aliphatic rings. The Labute approximate surface area is 148 Å². The monoisotopic (exact) mass is 355 g/mol.